The van der Waals surface area contributed by atoms with Gasteiger partial charge in [-0.25, -0.2) is 0 Å². The first-order valence-corrected chi connectivity index (χ1v) is 7.78. The van der Waals surface area contributed by atoms with Gasteiger partial charge in [0.15, 0.2) is 0 Å². The van der Waals surface area contributed by atoms with E-state index < -0.39 is 0 Å². The zero-order valence-corrected chi connectivity index (χ0v) is 13.1. The standard InChI is InChI=1S/C18H22N2O2/c1-13(2)22-17-9-7-14(8-10-17)11-15(12-19)18(21)20-16-5-3-4-6-16/h7-11,13,16H,3-6H2,1-2H3,(H,20,21). The van der Waals surface area contributed by atoms with Crippen molar-refractivity contribution in [1.82, 2.24) is 5.32 Å². The van der Waals surface area contributed by atoms with Crippen LogP contribution in [-0.2, 0) is 4.79 Å². The highest BCUT2D eigenvalue weighted by molar-refractivity contribution is 6.01. The van der Waals surface area contributed by atoms with E-state index in [9.17, 15) is 10.1 Å². The number of hydrogen-bond donors (Lipinski definition) is 1. The van der Waals surface area contributed by atoms with Crippen LogP contribution in [0.25, 0.3) is 6.08 Å². The second-order valence-corrected chi connectivity index (χ2v) is 5.86. The molecule has 0 spiro atoms. The second-order valence-electron chi connectivity index (χ2n) is 5.86. The minimum absolute atomic E-state index is 0.119. The van der Waals surface area contributed by atoms with Crippen LogP contribution in [0.3, 0.4) is 0 Å². The maximum atomic E-state index is 12.1. The van der Waals surface area contributed by atoms with Crippen molar-refractivity contribution in [2.24, 2.45) is 0 Å². The molecule has 1 aliphatic carbocycles. The highest BCUT2D eigenvalue weighted by Crippen LogP contribution is 2.19. The van der Waals surface area contributed by atoms with E-state index in [0.29, 0.717) is 0 Å². The molecule has 1 amide bonds. The fourth-order valence-corrected chi connectivity index (χ4v) is 2.56. The van der Waals surface area contributed by atoms with Crippen molar-refractivity contribution >= 4 is 12.0 Å². The summed E-state index contributed by atoms with van der Waals surface area (Å²) in [6.07, 6.45) is 6.04. The number of nitrogens with zero attached hydrogens (tertiary/aromatic N) is 1. The molecule has 1 fully saturated rings. The van der Waals surface area contributed by atoms with Gasteiger partial charge in [-0.2, -0.15) is 5.26 Å². The number of benzene rings is 1. The maximum Gasteiger partial charge on any atom is 0.262 e. The molecule has 0 atom stereocenters. The van der Waals surface area contributed by atoms with E-state index in [2.05, 4.69) is 5.32 Å². The van der Waals surface area contributed by atoms with E-state index >= 15 is 0 Å². The molecule has 4 heteroatoms. The lowest BCUT2D eigenvalue weighted by Gasteiger charge is -2.11. The van der Waals surface area contributed by atoms with Gasteiger partial charge in [-0.05, 0) is 50.5 Å². The monoisotopic (exact) mass is 298 g/mol. The van der Waals surface area contributed by atoms with Gasteiger partial charge in [-0.1, -0.05) is 25.0 Å². The van der Waals surface area contributed by atoms with E-state index in [1.54, 1.807) is 6.08 Å². The minimum atomic E-state index is -0.281. The van der Waals surface area contributed by atoms with Crippen molar-refractivity contribution in [2.75, 3.05) is 0 Å². The molecule has 116 valence electrons. The predicted octanol–water partition coefficient (Wildman–Crippen LogP) is 3.44. The molecule has 0 heterocycles. The van der Waals surface area contributed by atoms with Crippen LogP contribution < -0.4 is 10.1 Å². The van der Waals surface area contributed by atoms with E-state index in [4.69, 9.17) is 4.74 Å². The molecule has 4 nitrogen and oxygen atoms in total. The summed E-state index contributed by atoms with van der Waals surface area (Å²) in [4.78, 5) is 12.1. The first-order valence-electron chi connectivity index (χ1n) is 7.78. The highest BCUT2D eigenvalue weighted by Gasteiger charge is 2.19. The Labute approximate surface area is 131 Å². The number of carbonyl (C=O) groups excluding carboxylic acids is 1. The first-order chi connectivity index (χ1) is 10.6. The van der Waals surface area contributed by atoms with E-state index in [1.807, 2.05) is 44.2 Å². The van der Waals surface area contributed by atoms with Crippen LogP contribution in [0.4, 0.5) is 0 Å². The van der Waals surface area contributed by atoms with Gasteiger partial charge < -0.3 is 10.1 Å². The summed E-state index contributed by atoms with van der Waals surface area (Å²) < 4.78 is 5.57. The summed E-state index contributed by atoms with van der Waals surface area (Å²) in [6, 6.07) is 9.58. The third-order valence-electron chi connectivity index (χ3n) is 3.62. The zero-order chi connectivity index (χ0) is 15.9. The lowest BCUT2D eigenvalue weighted by molar-refractivity contribution is -0.117. The van der Waals surface area contributed by atoms with E-state index in [1.165, 1.54) is 0 Å². The fraction of sp³-hybridized carbons (Fsp3) is 0.444. The molecule has 1 aliphatic rings. The van der Waals surface area contributed by atoms with Gasteiger partial charge in [0.1, 0.15) is 17.4 Å². The van der Waals surface area contributed by atoms with Crippen LogP contribution in [0.15, 0.2) is 29.8 Å². The van der Waals surface area contributed by atoms with Gasteiger partial charge in [-0.3, -0.25) is 4.79 Å². The normalized spacial score (nSPS) is 15.6. The predicted molar refractivity (Wildman–Crippen MR) is 86.2 cm³/mol. The van der Waals surface area contributed by atoms with Crippen LogP contribution in [0.2, 0.25) is 0 Å². The Morgan fingerprint density at radius 2 is 1.95 bits per heavy atom. The maximum absolute atomic E-state index is 12.1. The molecule has 1 saturated carbocycles. The Morgan fingerprint density at radius 3 is 2.50 bits per heavy atom. The highest BCUT2D eigenvalue weighted by atomic mass is 16.5. The third kappa shape index (κ3) is 4.63. The molecule has 0 bridgehead atoms. The van der Waals surface area contributed by atoms with Crippen molar-refractivity contribution in [2.45, 2.75) is 51.7 Å². The lowest BCUT2D eigenvalue weighted by atomic mass is 10.1. The van der Waals surface area contributed by atoms with Crippen LogP contribution in [0.5, 0.6) is 5.75 Å². The van der Waals surface area contributed by atoms with Crippen molar-refractivity contribution in [3.8, 4) is 11.8 Å². The summed E-state index contributed by atoms with van der Waals surface area (Å²) in [5.74, 6) is 0.498. The molecule has 0 aliphatic heterocycles. The second kappa shape index (κ2) is 7.65. The molecular formula is C18H22N2O2. The van der Waals surface area contributed by atoms with Gasteiger partial charge in [0.2, 0.25) is 0 Å². The number of nitrogens with one attached hydrogen (secondary N) is 1. The summed E-state index contributed by atoms with van der Waals surface area (Å²) >= 11 is 0. The van der Waals surface area contributed by atoms with E-state index in [0.717, 1.165) is 37.0 Å². The smallest absolute Gasteiger partial charge is 0.262 e. The molecular weight excluding hydrogens is 276 g/mol. The number of hydrogen-bond acceptors (Lipinski definition) is 3. The molecule has 2 rings (SSSR count). The van der Waals surface area contributed by atoms with Gasteiger partial charge in [-0.15, -0.1) is 0 Å². The molecule has 0 saturated heterocycles. The average molecular weight is 298 g/mol. The average Bonchev–Trinajstić information content (AvgIpc) is 2.98. The molecule has 1 aromatic rings. The van der Waals surface area contributed by atoms with Crippen molar-refractivity contribution in [3.05, 3.63) is 35.4 Å². The van der Waals surface area contributed by atoms with Crippen LogP contribution in [0, 0.1) is 11.3 Å². The van der Waals surface area contributed by atoms with Gasteiger partial charge in [0.05, 0.1) is 6.10 Å². The van der Waals surface area contributed by atoms with E-state index in [-0.39, 0.29) is 23.6 Å². The van der Waals surface area contributed by atoms with Crippen LogP contribution in [-0.4, -0.2) is 18.1 Å². The Kier molecular flexibility index (Phi) is 5.60. The molecule has 1 N–H and O–H groups in total. The van der Waals surface area contributed by atoms with Crippen molar-refractivity contribution < 1.29 is 9.53 Å². The quantitative estimate of drug-likeness (QED) is 0.669. The van der Waals surface area contributed by atoms with Crippen LogP contribution >= 0.6 is 0 Å². The van der Waals surface area contributed by atoms with Gasteiger partial charge >= 0.3 is 0 Å². The molecule has 0 unspecified atom stereocenters. The number of amides is 1. The number of nitriles is 1. The summed E-state index contributed by atoms with van der Waals surface area (Å²) in [7, 11) is 0. The SMILES string of the molecule is CC(C)Oc1ccc(C=C(C#N)C(=O)NC2CCCC2)cc1. The molecule has 1 aromatic carbocycles. The van der Waals surface area contributed by atoms with Gasteiger partial charge in [0.25, 0.3) is 5.91 Å². The van der Waals surface area contributed by atoms with Crippen molar-refractivity contribution in [3.63, 3.8) is 0 Å². The number of ether oxygens (including phenoxy) is 1. The molecule has 0 radical (unpaired) electrons. The van der Waals surface area contributed by atoms with Gasteiger partial charge in [0, 0.05) is 6.04 Å². The summed E-state index contributed by atoms with van der Waals surface area (Å²) in [6.45, 7) is 3.93. The number of carbonyl (C=O) groups is 1. The zero-order valence-electron chi connectivity index (χ0n) is 13.1. The largest absolute Gasteiger partial charge is 0.491 e. The molecule has 0 aromatic heterocycles. The minimum Gasteiger partial charge on any atom is -0.491 e. The first kappa shape index (κ1) is 16.1. The fourth-order valence-electron chi connectivity index (χ4n) is 2.56. The Morgan fingerprint density at radius 1 is 1.32 bits per heavy atom. The summed E-state index contributed by atoms with van der Waals surface area (Å²) in [5, 5.41) is 12.1. The lowest BCUT2D eigenvalue weighted by Crippen LogP contribution is -2.33. The topological polar surface area (TPSA) is 62.1 Å². The molecule has 22 heavy (non-hydrogen) atoms. The number of rotatable bonds is 5. The Balaban J connectivity index is 2.04. The van der Waals surface area contributed by atoms with Crippen molar-refractivity contribution in [1.29, 1.82) is 5.26 Å². The Hall–Kier alpha value is -2.28. The third-order valence-corrected chi connectivity index (χ3v) is 3.62. The van der Waals surface area contributed by atoms with Crippen LogP contribution in [0.1, 0.15) is 45.1 Å². The summed E-state index contributed by atoms with van der Waals surface area (Å²) in [5.41, 5.74) is 0.957. The Bertz CT molecular complexity index is 576.